The largest absolute Gasteiger partial charge is 0.393 e. The van der Waals surface area contributed by atoms with Crippen LogP contribution in [0.3, 0.4) is 0 Å². The van der Waals surface area contributed by atoms with Crippen LogP contribution in [0.5, 0.6) is 0 Å². The minimum absolute atomic E-state index is 0.0462. The molecule has 0 aliphatic carbocycles. The van der Waals surface area contributed by atoms with Crippen LogP contribution >= 0.6 is 0 Å². The highest BCUT2D eigenvalue weighted by molar-refractivity contribution is 4.86. The van der Waals surface area contributed by atoms with Crippen molar-refractivity contribution in [1.29, 1.82) is 0 Å². The predicted octanol–water partition coefficient (Wildman–Crippen LogP) is 5.16. The van der Waals surface area contributed by atoms with Crippen LogP contribution in [-0.2, 0) is 9.47 Å². The number of ether oxygens (including phenoxy) is 2. The van der Waals surface area contributed by atoms with Gasteiger partial charge in [0.2, 0.25) is 0 Å². The van der Waals surface area contributed by atoms with E-state index in [0.29, 0.717) is 5.92 Å². The first-order valence-electron chi connectivity index (χ1n) is 9.59. The molecule has 1 aliphatic heterocycles. The van der Waals surface area contributed by atoms with Crippen molar-refractivity contribution in [1.82, 2.24) is 0 Å². The second kappa shape index (κ2) is 8.82. The monoisotopic (exact) mass is 328 g/mol. The third kappa shape index (κ3) is 6.72. The van der Waals surface area contributed by atoms with Crippen LogP contribution in [0, 0.1) is 17.3 Å². The maximum absolute atomic E-state index is 10.7. The molecule has 0 aromatic heterocycles. The normalized spacial score (nSPS) is 25.8. The van der Waals surface area contributed by atoms with Crippen molar-refractivity contribution in [2.75, 3.05) is 6.61 Å². The van der Waals surface area contributed by atoms with Crippen molar-refractivity contribution in [3.8, 4) is 0 Å². The van der Waals surface area contributed by atoms with Gasteiger partial charge in [-0.1, -0.05) is 53.9 Å². The summed E-state index contributed by atoms with van der Waals surface area (Å²) in [6.07, 6.45) is 6.74. The van der Waals surface area contributed by atoms with Crippen molar-refractivity contribution in [3.63, 3.8) is 0 Å². The lowest BCUT2D eigenvalue weighted by atomic mass is 9.74. The van der Waals surface area contributed by atoms with Gasteiger partial charge in [0.15, 0.2) is 5.79 Å². The molecule has 1 heterocycles. The van der Waals surface area contributed by atoms with Gasteiger partial charge < -0.3 is 14.6 Å². The molecule has 0 aromatic carbocycles. The van der Waals surface area contributed by atoms with Gasteiger partial charge in [0.05, 0.1) is 18.8 Å². The summed E-state index contributed by atoms with van der Waals surface area (Å²) < 4.78 is 11.8. The van der Waals surface area contributed by atoms with Crippen molar-refractivity contribution in [2.24, 2.45) is 17.3 Å². The standard InChI is InChI=1S/C20H40O3/c1-8-9-10-11-15(2)18(21)16(3)14-19(4,5)17-12-13-22-20(6,7)23-17/h15-18,21H,8-14H2,1-7H3/t15-,16-,17?,18?/m0/s1. The number of unbranched alkanes of at least 4 members (excludes halogenated alkanes) is 2. The Bertz CT molecular complexity index is 338. The lowest BCUT2D eigenvalue weighted by Gasteiger charge is -2.45. The van der Waals surface area contributed by atoms with Crippen LogP contribution in [0.15, 0.2) is 0 Å². The van der Waals surface area contributed by atoms with Gasteiger partial charge in [0.25, 0.3) is 0 Å². The quantitative estimate of drug-likeness (QED) is 0.594. The SMILES string of the molecule is CCCCC[C@H](C)C(O)[C@@H](C)CC(C)(C)C1CCOC(C)(C)O1. The highest BCUT2D eigenvalue weighted by Gasteiger charge is 2.40. The maximum atomic E-state index is 10.7. The van der Waals surface area contributed by atoms with E-state index in [9.17, 15) is 5.11 Å². The van der Waals surface area contributed by atoms with Gasteiger partial charge >= 0.3 is 0 Å². The van der Waals surface area contributed by atoms with Crippen molar-refractivity contribution in [3.05, 3.63) is 0 Å². The summed E-state index contributed by atoms with van der Waals surface area (Å²) in [7, 11) is 0. The van der Waals surface area contributed by atoms with E-state index in [4.69, 9.17) is 9.47 Å². The maximum Gasteiger partial charge on any atom is 0.163 e. The van der Waals surface area contributed by atoms with Crippen LogP contribution in [0.1, 0.15) is 87.0 Å². The highest BCUT2D eigenvalue weighted by atomic mass is 16.7. The van der Waals surface area contributed by atoms with Crippen LogP contribution in [-0.4, -0.2) is 29.7 Å². The van der Waals surface area contributed by atoms with Gasteiger partial charge in [-0.05, 0) is 50.4 Å². The summed E-state index contributed by atoms with van der Waals surface area (Å²) in [5.41, 5.74) is 0.0462. The molecular weight excluding hydrogens is 288 g/mol. The van der Waals surface area contributed by atoms with Crippen molar-refractivity contribution >= 4 is 0 Å². The first-order valence-corrected chi connectivity index (χ1v) is 9.59. The fourth-order valence-corrected chi connectivity index (χ4v) is 3.93. The lowest BCUT2D eigenvalue weighted by Crippen LogP contribution is -2.47. The molecule has 2 unspecified atom stereocenters. The zero-order valence-electron chi connectivity index (χ0n) is 16.5. The van der Waals surface area contributed by atoms with Crippen molar-refractivity contribution < 1.29 is 14.6 Å². The van der Waals surface area contributed by atoms with Crippen molar-refractivity contribution in [2.45, 2.75) is 105 Å². The molecule has 138 valence electrons. The summed E-state index contributed by atoms with van der Waals surface area (Å²) >= 11 is 0. The predicted molar refractivity (Wildman–Crippen MR) is 96.4 cm³/mol. The molecule has 1 N–H and O–H groups in total. The van der Waals surface area contributed by atoms with E-state index in [1.54, 1.807) is 0 Å². The summed E-state index contributed by atoms with van der Waals surface area (Å²) in [6, 6.07) is 0. The Kier molecular flexibility index (Phi) is 8.03. The molecule has 3 heteroatoms. The number of hydrogen-bond donors (Lipinski definition) is 1. The Labute approximate surface area is 144 Å². The third-order valence-electron chi connectivity index (χ3n) is 5.40. The first kappa shape index (κ1) is 20.9. The molecule has 3 nitrogen and oxygen atoms in total. The van der Waals surface area contributed by atoms with E-state index >= 15 is 0 Å². The Morgan fingerprint density at radius 2 is 1.83 bits per heavy atom. The minimum Gasteiger partial charge on any atom is -0.393 e. The second-order valence-electron chi connectivity index (χ2n) is 8.78. The third-order valence-corrected chi connectivity index (χ3v) is 5.40. The molecule has 0 aromatic rings. The zero-order chi connectivity index (χ0) is 17.7. The lowest BCUT2D eigenvalue weighted by molar-refractivity contribution is -0.293. The number of rotatable bonds is 9. The van der Waals surface area contributed by atoms with Crippen LogP contribution in [0.25, 0.3) is 0 Å². The molecule has 1 fully saturated rings. The van der Waals surface area contributed by atoms with Crippen LogP contribution < -0.4 is 0 Å². The molecule has 0 spiro atoms. The Morgan fingerprint density at radius 1 is 1.17 bits per heavy atom. The average Bonchev–Trinajstić information content (AvgIpc) is 2.45. The number of aliphatic hydroxyl groups is 1. The van der Waals surface area contributed by atoms with Crippen LogP contribution in [0.4, 0.5) is 0 Å². The fourth-order valence-electron chi connectivity index (χ4n) is 3.93. The van der Waals surface area contributed by atoms with E-state index in [1.807, 2.05) is 13.8 Å². The van der Waals surface area contributed by atoms with E-state index in [1.165, 1.54) is 19.3 Å². The summed E-state index contributed by atoms with van der Waals surface area (Å²) in [5.74, 6) is 0.172. The van der Waals surface area contributed by atoms with Gasteiger partial charge in [-0.15, -0.1) is 0 Å². The van der Waals surface area contributed by atoms with Gasteiger partial charge in [-0.2, -0.15) is 0 Å². The molecule has 0 amide bonds. The fraction of sp³-hybridized carbons (Fsp3) is 1.00. The van der Waals surface area contributed by atoms with E-state index < -0.39 is 5.79 Å². The minimum atomic E-state index is -0.491. The van der Waals surface area contributed by atoms with E-state index in [0.717, 1.165) is 25.9 Å². The van der Waals surface area contributed by atoms with Gasteiger partial charge in [-0.25, -0.2) is 0 Å². The molecule has 0 bridgehead atoms. The van der Waals surface area contributed by atoms with Gasteiger partial charge in [-0.3, -0.25) is 0 Å². The van der Waals surface area contributed by atoms with E-state index in [-0.39, 0.29) is 23.5 Å². The molecule has 1 rings (SSSR count). The number of hydrogen-bond acceptors (Lipinski definition) is 3. The number of aliphatic hydroxyl groups excluding tert-OH is 1. The smallest absolute Gasteiger partial charge is 0.163 e. The first-order chi connectivity index (χ1) is 10.6. The Morgan fingerprint density at radius 3 is 2.39 bits per heavy atom. The second-order valence-corrected chi connectivity index (χ2v) is 8.78. The van der Waals surface area contributed by atoms with E-state index in [2.05, 4.69) is 34.6 Å². The zero-order valence-corrected chi connectivity index (χ0v) is 16.5. The molecule has 1 saturated heterocycles. The molecule has 0 radical (unpaired) electrons. The van der Waals surface area contributed by atoms with Gasteiger partial charge in [0.1, 0.15) is 0 Å². The van der Waals surface area contributed by atoms with Gasteiger partial charge in [0, 0.05) is 0 Å². The highest BCUT2D eigenvalue weighted by Crippen LogP contribution is 2.39. The Balaban J connectivity index is 2.54. The Hall–Kier alpha value is -0.120. The summed E-state index contributed by atoms with van der Waals surface area (Å²) in [5, 5.41) is 10.7. The molecule has 1 aliphatic rings. The van der Waals surface area contributed by atoms with Crippen LogP contribution in [0.2, 0.25) is 0 Å². The average molecular weight is 329 g/mol. The summed E-state index contributed by atoms with van der Waals surface area (Å²) in [6.45, 7) is 15.9. The molecular formula is C20H40O3. The molecule has 4 atom stereocenters. The topological polar surface area (TPSA) is 38.7 Å². The molecule has 23 heavy (non-hydrogen) atoms. The molecule has 0 saturated carbocycles. The summed E-state index contributed by atoms with van der Waals surface area (Å²) in [4.78, 5) is 0.